The number of rotatable bonds is 1. The highest BCUT2D eigenvalue weighted by Crippen LogP contribution is 2.57. The maximum Gasteiger partial charge on any atom is 0.183 e. The summed E-state index contributed by atoms with van der Waals surface area (Å²) < 4.78 is 0. The fourth-order valence-electron chi connectivity index (χ4n) is 3.94. The van der Waals surface area contributed by atoms with Gasteiger partial charge < -0.3 is 5.11 Å². The quantitative estimate of drug-likeness (QED) is 0.708. The van der Waals surface area contributed by atoms with E-state index in [4.69, 9.17) is 0 Å². The molecule has 1 fully saturated rings. The average Bonchev–Trinajstić information content (AvgIpc) is 2.45. The van der Waals surface area contributed by atoms with Gasteiger partial charge in [-0.3, -0.25) is 4.79 Å². The zero-order chi connectivity index (χ0) is 12.8. The SMILES string of the molecule is C=C1C[C@@H](C)[C@@]2(C=CC(=O)[C@@H](O)C2)[C@H]1C(C)C. The summed E-state index contributed by atoms with van der Waals surface area (Å²) in [6, 6.07) is 0. The van der Waals surface area contributed by atoms with E-state index in [1.165, 1.54) is 5.57 Å². The number of carbonyl (C=O) groups excluding carboxylic acids is 1. The highest BCUT2D eigenvalue weighted by Gasteiger charge is 2.52. The van der Waals surface area contributed by atoms with E-state index in [-0.39, 0.29) is 11.2 Å². The van der Waals surface area contributed by atoms with Crippen LogP contribution in [0, 0.1) is 23.2 Å². The van der Waals surface area contributed by atoms with Crippen LogP contribution in [0.25, 0.3) is 0 Å². The van der Waals surface area contributed by atoms with Gasteiger partial charge in [-0.05, 0) is 36.7 Å². The van der Waals surface area contributed by atoms with Crippen molar-refractivity contribution < 1.29 is 9.90 Å². The van der Waals surface area contributed by atoms with Crippen LogP contribution in [0.3, 0.4) is 0 Å². The van der Waals surface area contributed by atoms with E-state index < -0.39 is 6.10 Å². The van der Waals surface area contributed by atoms with Gasteiger partial charge in [0.05, 0.1) is 0 Å². The number of allylic oxidation sites excluding steroid dienone is 2. The normalized spacial score (nSPS) is 41.8. The second-order valence-electron chi connectivity index (χ2n) is 6.05. The Kier molecular flexibility index (Phi) is 3.03. The van der Waals surface area contributed by atoms with Gasteiger partial charge in [0.1, 0.15) is 6.10 Å². The molecule has 0 unspecified atom stereocenters. The van der Waals surface area contributed by atoms with E-state index in [0.717, 1.165) is 6.42 Å². The lowest BCUT2D eigenvalue weighted by atomic mass is 9.63. The van der Waals surface area contributed by atoms with Crippen molar-refractivity contribution in [1.29, 1.82) is 0 Å². The molecular weight excluding hydrogens is 212 g/mol. The molecule has 0 aliphatic heterocycles. The predicted octanol–water partition coefficient (Wildman–Crippen LogP) is 2.73. The van der Waals surface area contributed by atoms with Crippen LogP contribution in [0.1, 0.15) is 33.6 Å². The minimum absolute atomic E-state index is 0.0570. The molecule has 2 heteroatoms. The van der Waals surface area contributed by atoms with Gasteiger partial charge in [0.25, 0.3) is 0 Å². The molecule has 2 aliphatic carbocycles. The molecule has 4 atom stereocenters. The Balaban J connectivity index is 2.43. The second kappa shape index (κ2) is 4.09. The van der Waals surface area contributed by atoms with Crippen LogP contribution in [0.4, 0.5) is 0 Å². The van der Waals surface area contributed by atoms with Crippen LogP contribution in [-0.4, -0.2) is 17.0 Å². The molecular formula is C15H22O2. The maximum absolute atomic E-state index is 11.4. The maximum atomic E-state index is 11.4. The lowest BCUT2D eigenvalue weighted by Gasteiger charge is -2.41. The summed E-state index contributed by atoms with van der Waals surface area (Å²) in [5.41, 5.74) is 1.22. The van der Waals surface area contributed by atoms with Crippen LogP contribution < -0.4 is 0 Å². The zero-order valence-electron chi connectivity index (χ0n) is 10.9. The van der Waals surface area contributed by atoms with E-state index in [9.17, 15) is 9.90 Å². The van der Waals surface area contributed by atoms with Gasteiger partial charge in [0, 0.05) is 5.41 Å². The summed E-state index contributed by atoms with van der Waals surface area (Å²) >= 11 is 0. The topological polar surface area (TPSA) is 37.3 Å². The Morgan fingerprint density at radius 3 is 2.71 bits per heavy atom. The number of hydrogen-bond donors (Lipinski definition) is 1. The van der Waals surface area contributed by atoms with Crippen molar-refractivity contribution in [3.63, 3.8) is 0 Å². The minimum Gasteiger partial charge on any atom is -0.385 e. The molecule has 0 radical (unpaired) electrons. The first-order chi connectivity index (χ1) is 7.88. The molecule has 0 saturated heterocycles. The Labute approximate surface area is 103 Å². The lowest BCUT2D eigenvalue weighted by Crippen LogP contribution is -2.41. The molecule has 0 amide bonds. The first-order valence-corrected chi connectivity index (χ1v) is 6.47. The van der Waals surface area contributed by atoms with Crippen LogP contribution in [0.5, 0.6) is 0 Å². The molecule has 2 rings (SSSR count). The Morgan fingerprint density at radius 1 is 1.53 bits per heavy atom. The first-order valence-electron chi connectivity index (χ1n) is 6.47. The van der Waals surface area contributed by atoms with Crippen LogP contribution in [0.2, 0.25) is 0 Å². The smallest absolute Gasteiger partial charge is 0.183 e. The van der Waals surface area contributed by atoms with Gasteiger partial charge >= 0.3 is 0 Å². The van der Waals surface area contributed by atoms with Crippen molar-refractivity contribution in [2.75, 3.05) is 0 Å². The second-order valence-corrected chi connectivity index (χ2v) is 6.05. The van der Waals surface area contributed by atoms with E-state index in [1.807, 2.05) is 0 Å². The third-order valence-electron chi connectivity index (χ3n) is 4.60. The number of aliphatic hydroxyl groups excluding tert-OH is 1. The third kappa shape index (κ3) is 1.79. The van der Waals surface area contributed by atoms with Crippen LogP contribution >= 0.6 is 0 Å². The van der Waals surface area contributed by atoms with Crippen molar-refractivity contribution in [1.82, 2.24) is 0 Å². The average molecular weight is 234 g/mol. The summed E-state index contributed by atoms with van der Waals surface area (Å²) in [5, 5.41) is 9.88. The van der Waals surface area contributed by atoms with E-state index in [1.54, 1.807) is 6.08 Å². The molecule has 1 saturated carbocycles. The largest absolute Gasteiger partial charge is 0.385 e. The Bertz CT molecular complexity index is 380. The molecule has 94 valence electrons. The Hall–Kier alpha value is -0.890. The summed E-state index contributed by atoms with van der Waals surface area (Å²) in [6.45, 7) is 10.8. The molecule has 1 spiro atoms. The van der Waals surface area contributed by atoms with Crippen molar-refractivity contribution in [2.45, 2.75) is 39.7 Å². The predicted molar refractivity (Wildman–Crippen MR) is 68.5 cm³/mol. The standard InChI is InChI=1S/C15H22O2/c1-9(2)14-10(3)7-11(4)15(14)6-5-12(16)13(17)8-15/h5-6,9,11,13-14,17H,3,7-8H2,1-2,4H3/t11-,13+,14+,15+/m1/s1. The molecule has 1 N–H and O–H groups in total. The molecule has 0 aromatic carbocycles. The van der Waals surface area contributed by atoms with Crippen molar-refractivity contribution in [3.05, 3.63) is 24.3 Å². The summed E-state index contributed by atoms with van der Waals surface area (Å²) in [5.74, 6) is 1.19. The molecule has 0 aromatic heterocycles. The monoisotopic (exact) mass is 234 g/mol. The highest BCUT2D eigenvalue weighted by molar-refractivity contribution is 5.94. The van der Waals surface area contributed by atoms with Gasteiger partial charge in [-0.15, -0.1) is 0 Å². The van der Waals surface area contributed by atoms with Crippen molar-refractivity contribution in [2.24, 2.45) is 23.2 Å². The lowest BCUT2D eigenvalue weighted by molar-refractivity contribution is -0.125. The molecule has 2 nitrogen and oxygen atoms in total. The van der Waals surface area contributed by atoms with Crippen molar-refractivity contribution in [3.8, 4) is 0 Å². The first kappa shape index (κ1) is 12.6. The van der Waals surface area contributed by atoms with Gasteiger partial charge in [-0.1, -0.05) is 39.0 Å². The zero-order valence-corrected chi connectivity index (χ0v) is 10.9. The van der Waals surface area contributed by atoms with E-state index in [0.29, 0.717) is 24.2 Å². The summed E-state index contributed by atoms with van der Waals surface area (Å²) in [6.07, 6.45) is 4.38. The van der Waals surface area contributed by atoms with E-state index in [2.05, 4.69) is 33.4 Å². The number of carbonyl (C=O) groups is 1. The van der Waals surface area contributed by atoms with Crippen LogP contribution in [0.15, 0.2) is 24.3 Å². The minimum atomic E-state index is -0.824. The van der Waals surface area contributed by atoms with Gasteiger partial charge in [0.15, 0.2) is 5.78 Å². The summed E-state index contributed by atoms with van der Waals surface area (Å²) in [7, 11) is 0. The van der Waals surface area contributed by atoms with Gasteiger partial charge in [0.2, 0.25) is 0 Å². The molecule has 2 aliphatic rings. The van der Waals surface area contributed by atoms with Crippen molar-refractivity contribution >= 4 is 5.78 Å². The third-order valence-corrected chi connectivity index (χ3v) is 4.60. The fraction of sp³-hybridized carbons (Fsp3) is 0.667. The van der Waals surface area contributed by atoms with Gasteiger partial charge in [-0.2, -0.15) is 0 Å². The molecule has 0 aromatic rings. The number of hydrogen-bond acceptors (Lipinski definition) is 2. The molecule has 0 bridgehead atoms. The summed E-state index contributed by atoms with van der Waals surface area (Å²) in [4.78, 5) is 11.4. The van der Waals surface area contributed by atoms with Crippen LogP contribution in [-0.2, 0) is 4.79 Å². The fourth-order valence-corrected chi connectivity index (χ4v) is 3.94. The molecule has 17 heavy (non-hydrogen) atoms. The number of ketones is 1. The Morgan fingerprint density at radius 2 is 2.18 bits per heavy atom. The highest BCUT2D eigenvalue weighted by atomic mass is 16.3. The number of aliphatic hydroxyl groups is 1. The van der Waals surface area contributed by atoms with E-state index >= 15 is 0 Å². The molecule has 0 heterocycles. The van der Waals surface area contributed by atoms with Gasteiger partial charge in [-0.25, -0.2) is 0 Å².